The maximum absolute atomic E-state index is 6.02. The van der Waals surface area contributed by atoms with Gasteiger partial charge in [0, 0.05) is 16.6 Å². The molecule has 3 rings (SSSR count). The third kappa shape index (κ3) is 3.38. The molecule has 0 atom stereocenters. The Hall–Kier alpha value is -1.55. The van der Waals surface area contributed by atoms with Crippen molar-refractivity contribution in [3.8, 4) is 11.5 Å². The molecule has 1 saturated carbocycles. The molecule has 112 valence electrons. The Kier molecular flexibility index (Phi) is 4.44. The van der Waals surface area contributed by atoms with Gasteiger partial charge >= 0.3 is 0 Å². The molecule has 1 aromatic heterocycles. The highest BCUT2D eigenvalue weighted by molar-refractivity contribution is 6.31. The second-order valence-electron chi connectivity index (χ2n) is 5.73. The highest BCUT2D eigenvalue weighted by Crippen LogP contribution is 2.32. The minimum Gasteiger partial charge on any atom is -0.398 e. The van der Waals surface area contributed by atoms with E-state index in [0.717, 1.165) is 18.7 Å². The van der Waals surface area contributed by atoms with Crippen LogP contribution in [0, 0.1) is 0 Å². The summed E-state index contributed by atoms with van der Waals surface area (Å²) in [5.74, 6) is 1.68. The minimum atomic E-state index is 0.406. The average molecular weight is 306 g/mol. The lowest BCUT2D eigenvalue weighted by Crippen LogP contribution is -2.04. The van der Waals surface area contributed by atoms with E-state index in [2.05, 4.69) is 10.1 Å². The molecular weight excluding hydrogens is 286 g/mol. The van der Waals surface area contributed by atoms with E-state index in [4.69, 9.17) is 21.9 Å². The summed E-state index contributed by atoms with van der Waals surface area (Å²) in [6, 6.07) is 5.29. The number of rotatable bonds is 2. The van der Waals surface area contributed by atoms with Gasteiger partial charge in [0.1, 0.15) is 0 Å². The Morgan fingerprint density at radius 3 is 2.57 bits per heavy atom. The first-order chi connectivity index (χ1) is 10.2. The van der Waals surface area contributed by atoms with Crippen LogP contribution in [-0.4, -0.2) is 10.1 Å². The van der Waals surface area contributed by atoms with Crippen molar-refractivity contribution in [2.45, 2.75) is 50.9 Å². The minimum absolute atomic E-state index is 0.406. The van der Waals surface area contributed by atoms with Gasteiger partial charge in [0.15, 0.2) is 5.82 Å². The zero-order chi connectivity index (χ0) is 14.7. The number of nitrogen functional groups attached to an aromatic ring is 1. The maximum Gasteiger partial charge on any atom is 0.260 e. The smallest absolute Gasteiger partial charge is 0.260 e. The molecule has 4 nitrogen and oxygen atoms in total. The van der Waals surface area contributed by atoms with Crippen LogP contribution in [0.1, 0.15) is 56.7 Å². The fourth-order valence-corrected chi connectivity index (χ4v) is 3.11. The molecule has 0 unspecified atom stereocenters. The zero-order valence-electron chi connectivity index (χ0n) is 12.0. The fourth-order valence-electron chi connectivity index (χ4n) is 2.94. The lowest BCUT2D eigenvalue weighted by atomic mass is 9.91. The van der Waals surface area contributed by atoms with Crippen molar-refractivity contribution >= 4 is 17.3 Å². The predicted molar refractivity (Wildman–Crippen MR) is 84.2 cm³/mol. The van der Waals surface area contributed by atoms with Crippen molar-refractivity contribution in [1.82, 2.24) is 10.1 Å². The van der Waals surface area contributed by atoms with E-state index in [9.17, 15) is 0 Å². The van der Waals surface area contributed by atoms with Crippen LogP contribution in [0.2, 0.25) is 5.02 Å². The van der Waals surface area contributed by atoms with E-state index in [0.29, 0.717) is 28.1 Å². The first-order valence-corrected chi connectivity index (χ1v) is 8.01. The molecule has 1 aliphatic carbocycles. The Morgan fingerprint density at radius 1 is 1.10 bits per heavy atom. The molecule has 0 spiro atoms. The molecule has 2 aromatic rings. The highest BCUT2D eigenvalue weighted by Gasteiger charge is 2.20. The monoisotopic (exact) mass is 305 g/mol. The van der Waals surface area contributed by atoms with Gasteiger partial charge in [-0.25, -0.2) is 0 Å². The van der Waals surface area contributed by atoms with E-state index in [1.807, 2.05) is 0 Å². The second kappa shape index (κ2) is 6.48. The van der Waals surface area contributed by atoms with E-state index < -0.39 is 0 Å². The van der Waals surface area contributed by atoms with E-state index in [-0.39, 0.29) is 0 Å². The molecule has 0 amide bonds. The largest absolute Gasteiger partial charge is 0.398 e. The first-order valence-electron chi connectivity index (χ1n) is 7.63. The van der Waals surface area contributed by atoms with Crippen molar-refractivity contribution in [2.24, 2.45) is 0 Å². The van der Waals surface area contributed by atoms with Gasteiger partial charge in [-0.15, -0.1) is 0 Å². The van der Waals surface area contributed by atoms with Crippen molar-refractivity contribution in [2.75, 3.05) is 5.73 Å². The molecule has 1 aliphatic rings. The molecule has 1 heterocycles. The van der Waals surface area contributed by atoms with Gasteiger partial charge in [-0.3, -0.25) is 0 Å². The quantitative estimate of drug-likeness (QED) is 0.809. The maximum atomic E-state index is 6.02. The van der Waals surface area contributed by atoms with Crippen LogP contribution < -0.4 is 5.73 Å². The van der Waals surface area contributed by atoms with Crippen LogP contribution in [0.4, 0.5) is 5.69 Å². The summed E-state index contributed by atoms with van der Waals surface area (Å²) in [7, 11) is 0. The van der Waals surface area contributed by atoms with Crippen LogP contribution in [0.15, 0.2) is 22.7 Å². The predicted octanol–water partition coefficient (Wildman–Crippen LogP) is 4.80. The summed E-state index contributed by atoms with van der Waals surface area (Å²) in [6.07, 6.45) is 8.74. The summed E-state index contributed by atoms with van der Waals surface area (Å²) < 4.78 is 5.41. The van der Waals surface area contributed by atoms with Gasteiger partial charge in [0.25, 0.3) is 5.89 Å². The van der Waals surface area contributed by atoms with Crippen LogP contribution >= 0.6 is 11.6 Å². The summed E-state index contributed by atoms with van der Waals surface area (Å²) in [4.78, 5) is 4.56. The number of benzene rings is 1. The number of hydrogen-bond donors (Lipinski definition) is 1. The topological polar surface area (TPSA) is 64.9 Å². The average Bonchev–Trinajstić information content (AvgIpc) is 2.90. The summed E-state index contributed by atoms with van der Waals surface area (Å²) in [6.45, 7) is 0. The van der Waals surface area contributed by atoms with Crippen LogP contribution in [-0.2, 0) is 0 Å². The number of nitrogens with zero attached hydrogens (tertiary/aromatic N) is 2. The van der Waals surface area contributed by atoms with Crippen LogP contribution in [0.3, 0.4) is 0 Å². The Bertz CT molecular complexity index is 603. The second-order valence-corrected chi connectivity index (χ2v) is 6.17. The molecule has 21 heavy (non-hydrogen) atoms. The van der Waals surface area contributed by atoms with Crippen LogP contribution in [0.5, 0.6) is 0 Å². The molecule has 0 radical (unpaired) electrons. The van der Waals surface area contributed by atoms with Crippen molar-refractivity contribution in [3.05, 3.63) is 29.0 Å². The molecular formula is C16H20ClN3O. The van der Waals surface area contributed by atoms with Crippen molar-refractivity contribution in [1.29, 1.82) is 0 Å². The Balaban J connectivity index is 1.83. The molecule has 0 aliphatic heterocycles. The normalized spacial score (nSPS) is 17.4. The SMILES string of the molecule is Nc1ccc(Cl)cc1-c1nc(C2CCCCCCC2)no1. The Morgan fingerprint density at radius 2 is 1.81 bits per heavy atom. The fraction of sp³-hybridized carbons (Fsp3) is 0.500. The number of anilines is 1. The summed E-state index contributed by atoms with van der Waals surface area (Å²) >= 11 is 6.02. The van der Waals surface area contributed by atoms with Gasteiger partial charge in [0.2, 0.25) is 0 Å². The Labute approximate surface area is 129 Å². The third-order valence-corrected chi connectivity index (χ3v) is 4.39. The molecule has 2 N–H and O–H groups in total. The standard InChI is InChI=1S/C16H20ClN3O/c17-12-8-9-14(18)13(10-12)16-19-15(20-21-16)11-6-4-2-1-3-5-7-11/h8-11H,1-7,18H2. The van der Waals surface area contributed by atoms with Gasteiger partial charge in [-0.1, -0.05) is 48.9 Å². The van der Waals surface area contributed by atoms with Gasteiger partial charge < -0.3 is 10.3 Å². The summed E-state index contributed by atoms with van der Waals surface area (Å²) in [5, 5.41) is 4.79. The molecule has 1 aromatic carbocycles. The van der Waals surface area contributed by atoms with E-state index >= 15 is 0 Å². The number of hydrogen-bond acceptors (Lipinski definition) is 4. The lowest BCUT2D eigenvalue weighted by Gasteiger charge is -2.15. The van der Waals surface area contributed by atoms with E-state index in [1.54, 1.807) is 18.2 Å². The number of nitrogens with two attached hydrogens (primary N) is 1. The van der Waals surface area contributed by atoms with Gasteiger partial charge in [0.05, 0.1) is 5.56 Å². The summed E-state index contributed by atoms with van der Waals surface area (Å²) in [5.41, 5.74) is 7.29. The number of aromatic nitrogens is 2. The molecule has 0 bridgehead atoms. The van der Waals surface area contributed by atoms with Crippen LogP contribution in [0.25, 0.3) is 11.5 Å². The molecule has 5 heteroatoms. The molecule has 0 saturated heterocycles. The van der Waals surface area contributed by atoms with Gasteiger partial charge in [-0.2, -0.15) is 4.98 Å². The van der Waals surface area contributed by atoms with Crippen molar-refractivity contribution in [3.63, 3.8) is 0 Å². The van der Waals surface area contributed by atoms with E-state index in [1.165, 1.54) is 32.1 Å². The highest BCUT2D eigenvalue weighted by atomic mass is 35.5. The molecule has 1 fully saturated rings. The zero-order valence-corrected chi connectivity index (χ0v) is 12.8. The van der Waals surface area contributed by atoms with Gasteiger partial charge in [-0.05, 0) is 31.0 Å². The van der Waals surface area contributed by atoms with Crippen molar-refractivity contribution < 1.29 is 4.52 Å². The third-order valence-electron chi connectivity index (χ3n) is 4.16. The first kappa shape index (κ1) is 14.4. The lowest BCUT2D eigenvalue weighted by molar-refractivity contribution is 0.393. The number of halogens is 1.